The number of hydrogen-bond donors (Lipinski definition) is 1. The molecular weight excluding hydrogens is 552 g/mol. The van der Waals surface area contributed by atoms with Crippen LogP contribution in [0.15, 0.2) is 93.3 Å². The maximum Gasteiger partial charge on any atom is 0.327 e. The summed E-state index contributed by atoms with van der Waals surface area (Å²) < 4.78 is 3.50. The van der Waals surface area contributed by atoms with Crippen LogP contribution in [0.2, 0.25) is 0 Å². The van der Waals surface area contributed by atoms with E-state index in [1.54, 1.807) is 4.68 Å². The molecule has 0 saturated heterocycles. The topological polar surface area (TPSA) is 90.0 Å². The minimum atomic E-state index is -1.03. The number of nitrogens with zero attached hydrogens (tertiary/aromatic N) is 4. The van der Waals surface area contributed by atoms with E-state index >= 15 is 0 Å². The van der Waals surface area contributed by atoms with E-state index in [0.717, 1.165) is 33.0 Å². The van der Waals surface area contributed by atoms with E-state index in [9.17, 15) is 14.7 Å². The molecule has 0 fully saturated rings. The highest BCUT2D eigenvalue weighted by Crippen LogP contribution is 2.43. The van der Waals surface area contributed by atoms with E-state index in [1.807, 2.05) is 54.7 Å². The molecule has 2 aromatic heterocycles. The molecule has 6 rings (SSSR count). The van der Waals surface area contributed by atoms with Crippen molar-refractivity contribution in [3.05, 3.63) is 111 Å². The Bertz CT molecular complexity index is 1710. The Kier molecular flexibility index (Phi) is 6.18. The second kappa shape index (κ2) is 9.64. The zero-order valence-corrected chi connectivity index (χ0v) is 21.9. The lowest BCUT2D eigenvalue weighted by Gasteiger charge is -2.18. The fourth-order valence-electron chi connectivity index (χ4n) is 4.85. The van der Waals surface area contributed by atoms with Crippen molar-refractivity contribution in [2.24, 2.45) is 0 Å². The Morgan fingerprint density at radius 1 is 1.05 bits per heavy atom. The monoisotopic (exact) mass is 572 g/mol. The van der Waals surface area contributed by atoms with Crippen molar-refractivity contribution < 1.29 is 9.90 Å². The number of carboxylic acids is 1. The van der Waals surface area contributed by atoms with E-state index in [2.05, 4.69) is 50.5 Å². The number of pyridine rings is 1. The molecule has 0 unspecified atom stereocenters. The standard InChI is InChI=1S/C28H21BrN4O3S/c29-25-21(13-19-11-6-10-18-9-4-5-12-20(18)19)24(27-33(26(25)34)23(16-37-27)28(35)36)22-15-32(31-30-22)14-17-7-2-1-3-8-17/h1-12,15,23H,13-14,16H2,(H,35,36)/t23-/m0/s1. The van der Waals surface area contributed by atoms with Crippen molar-refractivity contribution in [3.8, 4) is 11.3 Å². The van der Waals surface area contributed by atoms with E-state index in [0.29, 0.717) is 28.2 Å². The number of thioether (sulfide) groups is 1. The lowest BCUT2D eigenvalue weighted by atomic mass is 9.95. The first-order chi connectivity index (χ1) is 18.0. The van der Waals surface area contributed by atoms with Crippen LogP contribution in [0.25, 0.3) is 22.0 Å². The van der Waals surface area contributed by atoms with Crippen LogP contribution in [0, 0.1) is 0 Å². The van der Waals surface area contributed by atoms with Crippen molar-refractivity contribution in [2.45, 2.75) is 24.0 Å². The van der Waals surface area contributed by atoms with Gasteiger partial charge in [0.25, 0.3) is 5.56 Å². The van der Waals surface area contributed by atoms with E-state index < -0.39 is 12.0 Å². The van der Waals surface area contributed by atoms with Gasteiger partial charge in [0.2, 0.25) is 0 Å². The van der Waals surface area contributed by atoms with Crippen LogP contribution in [-0.2, 0) is 17.8 Å². The SMILES string of the molecule is O=C(O)[C@@H]1CSc2c(-c3cn(Cc4ccccc4)nn3)c(Cc3cccc4ccccc34)c(Br)c(=O)n21. The summed E-state index contributed by atoms with van der Waals surface area (Å²) in [5.74, 6) is -0.749. The highest BCUT2D eigenvalue weighted by Gasteiger charge is 2.35. The quantitative estimate of drug-likeness (QED) is 0.293. The van der Waals surface area contributed by atoms with Gasteiger partial charge >= 0.3 is 5.97 Å². The number of carbonyl (C=O) groups is 1. The number of aliphatic carboxylic acids is 1. The third-order valence-corrected chi connectivity index (χ3v) is 8.58. The molecule has 0 spiro atoms. The zero-order valence-electron chi connectivity index (χ0n) is 19.5. The first-order valence-electron chi connectivity index (χ1n) is 11.7. The molecule has 0 saturated carbocycles. The van der Waals surface area contributed by atoms with Crippen LogP contribution >= 0.6 is 27.7 Å². The van der Waals surface area contributed by atoms with E-state index in [1.165, 1.54) is 16.3 Å². The summed E-state index contributed by atoms with van der Waals surface area (Å²) in [6, 6.07) is 23.3. The van der Waals surface area contributed by atoms with Crippen molar-refractivity contribution in [2.75, 3.05) is 5.75 Å². The van der Waals surface area contributed by atoms with Crippen molar-refractivity contribution >= 4 is 44.4 Å². The first-order valence-corrected chi connectivity index (χ1v) is 13.5. The number of fused-ring (bicyclic) bond motifs is 2. The molecule has 1 atom stereocenters. The predicted octanol–water partition coefficient (Wildman–Crippen LogP) is 5.39. The average molecular weight is 573 g/mol. The minimum absolute atomic E-state index is 0.278. The van der Waals surface area contributed by atoms with Gasteiger partial charge in [-0.2, -0.15) is 0 Å². The van der Waals surface area contributed by atoms with Crippen molar-refractivity contribution in [1.82, 2.24) is 19.6 Å². The molecule has 0 radical (unpaired) electrons. The van der Waals surface area contributed by atoms with Gasteiger partial charge in [0.1, 0.15) is 11.7 Å². The Morgan fingerprint density at radius 2 is 1.81 bits per heavy atom. The average Bonchev–Trinajstić information content (AvgIpc) is 3.56. The first kappa shape index (κ1) is 23.7. The summed E-state index contributed by atoms with van der Waals surface area (Å²) in [6.07, 6.45) is 2.34. The van der Waals surface area contributed by atoms with Gasteiger partial charge in [-0.1, -0.05) is 78.0 Å². The largest absolute Gasteiger partial charge is 0.480 e. The molecule has 0 aliphatic carbocycles. The maximum atomic E-state index is 13.5. The molecule has 5 aromatic rings. The highest BCUT2D eigenvalue weighted by molar-refractivity contribution is 9.10. The van der Waals surface area contributed by atoms with Gasteiger partial charge in [-0.25, -0.2) is 9.48 Å². The fraction of sp³-hybridized carbons (Fsp3) is 0.143. The molecule has 9 heteroatoms. The summed E-state index contributed by atoms with van der Waals surface area (Å²) in [5, 5.41) is 21.5. The lowest BCUT2D eigenvalue weighted by molar-refractivity contribution is -0.140. The van der Waals surface area contributed by atoms with Gasteiger partial charge in [-0.05, 0) is 43.4 Å². The van der Waals surface area contributed by atoms with Crippen molar-refractivity contribution in [3.63, 3.8) is 0 Å². The molecular formula is C28H21BrN4O3S. The zero-order chi connectivity index (χ0) is 25.5. The molecule has 1 aliphatic heterocycles. The summed E-state index contributed by atoms with van der Waals surface area (Å²) in [7, 11) is 0. The molecule has 3 heterocycles. The van der Waals surface area contributed by atoms with E-state index in [-0.39, 0.29) is 11.3 Å². The normalized spacial score (nSPS) is 14.7. The number of benzene rings is 3. The minimum Gasteiger partial charge on any atom is -0.480 e. The molecule has 7 nitrogen and oxygen atoms in total. The van der Waals surface area contributed by atoms with Gasteiger partial charge in [0.15, 0.2) is 0 Å². The van der Waals surface area contributed by atoms with Gasteiger partial charge in [-0.3, -0.25) is 9.36 Å². The molecule has 0 bridgehead atoms. The van der Waals surface area contributed by atoms with Gasteiger partial charge < -0.3 is 5.11 Å². The Balaban J connectivity index is 1.53. The van der Waals surface area contributed by atoms with Crippen LogP contribution < -0.4 is 5.56 Å². The van der Waals surface area contributed by atoms with Crippen LogP contribution in [0.1, 0.15) is 22.7 Å². The number of aromatic nitrogens is 4. The van der Waals surface area contributed by atoms with Gasteiger partial charge in [-0.15, -0.1) is 16.9 Å². The number of carboxylic acid groups (broad SMARTS) is 1. The molecule has 1 aliphatic rings. The molecule has 184 valence electrons. The summed E-state index contributed by atoms with van der Waals surface area (Å²) >= 11 is 4.92. The number of rotatable bonds is 6. The second-order valence-electron chi connectivity index (χ2n) is 8.91. The smallest absolute Gasteiger partial charge is 0.327 e. The highest BCUT2D eigenvalue weighted by atomic mass is 79.9. The third-order valence-electron chi connectivity index (χ3n) is 6.61. The summed E-state index contributed by atoms with van der Waals surface area (Å²) in [4.78, 5) is 25.5. The van der Waals surface area contributed by atoms with Gasteiger partial charge in [0, 0.05) is 17.7 Å². The lowest BCUT2D eigenvalue weighted by Crippen LogP contribution is -2.30. The van der Waals surface area contributed by atoms with Gasteiger partial charge in [0.05, 0.1) is 22.2 Å². The Labute approximate surface area is 224 Å². The molecule has 1 N–H and O–H groups in total. The Morgan fingerprint density at radius 3 is 2.62 bits per heavy atom. The third kappa shape index (κ3) is 4.28. The Hall–Kier alpha value is -3.69. The van der Waals surface area contributed by atoms with Crippen molar-refractivity contribution in [1.29, 1.82) is 0 Å². The van der Waals surface area contributed by atoms with E-state index in [4.69, 9.17) is 0 Å². The summed E-state index contributed by atoms with van der Waals surface area (Å²) in [5.41, 5.74) is 3.94. The number of hydrogen-bond acceptors (Lipinski definition) is 5. The molecule has 37 heavy (non-hydrogen) atoms. The van der Waals surface area contributed by atoms with Crippen LogP contribution in [0.3, 0.4) is 0 Å². The molecule has 0 amide bonds. The number of halogens is 1. The van der Waals surface area contributed by atoms with Crippen LogP contribution in [-0.4, -0.2) is 36.4 Å². The molecule has 3 aromatic carbocycles. The summed E-state index contributed by atoms with van der Waals surface area (Å²) in [6.45, 7) is 0.549. The predicted molar refractivity (Wildman–Crippen MR) is 147 cm³/mol. The fourth-order valence-corrected chi connectivity index (χ4v) is 6.71. The second-order valence-corrected chi connectivity index (χ2v) is 10.7. The van der Waals surface area contributed by atoms with Crippen LogP contribution in [0.4, 0.5) is 0 Å². The maximum absolute atomic E-state index is 13.5. The van der Waals surface area contributed by atoms with Crippen LogP contribution in [0.5, 0.6) is 0 Å².